The van der Waals surface area contributed by atoms with E-state index in [0.717, 1.165) is 6.42 Å². The number of furan rings is 1. The summed E-state index contributed by atoms with van der Waals surface area (Å²) in [5, 5.41) is 12.0. The maximum atomic E-state index is 12.0. The van der Waals surface area contributed by atoms with Crippen molar-refractivity contribution in [2.45, 2.75) is 31.4 Å². The lowest BCUT2D eigenvalue weighted by Gasteiger charge is -2.24. The van der Waals surface area contributed by atoms with Crippen molar-refractivity contribution in [3.8, 4) is 0 Å². The van der Waals surface area contributed by atoms with Crippen molar-refractivity contribution >= 4 is 5.91 Å². The first-order valence-electron chi connectivity index (χ1n) is 5.75. The third kappa shape index (κ3) is 2.50. The Morgan fingerprint density at radius 2 is 2.53 bits per heavy atom. The molecule has 1 aliphatic heterocycles. The number of aliphatic hydroxyl groups excluding tert-OH is 1. The van der Waals surface area contributed by atoms with Crippen molar-refractivity contribution in [3.63, 3.8) is 0 Å². The van der Waals surface area contributed by atoms with Gasteiger partial charge in [0.2, 0.25) is 0 Å². The van der Waals surface area contributed by atoms with Gasteiger partial charge in [-0.3, -0.25) is 4.79 Å². The van der Waals surface area contributed by atoms with Gasteiger partial charge >= 0.3 is 0 Å². The molecule has 17 heavy (non-hydrogen) atoms. The zero-order valence-electron chi connectivity index (χ0n) is 9.81. The van der Waals surface area contributed by atoms with Gasteiger partial charge in [-0.1, -0.05) is 0 Å². The summed E-state index contributed by atoms with van der Waals surface area (Å²) < 4.78 is 10.6. The topological polar surface area (TPSA) is 71.7 Å². The Morgan fingerprint density at radius 1 is 1.71 bits per heavy atom. The van der Waals surface area contributed by atoms with Gasteiger partial charge in [-0.15, -0.1) is 0 Å². The molecule has 1 aromatic heterocycles. The van der Waals surface area contributed by atoms with Gasteiger partial charge in [-0.25, -0.2) is 0 Å². The smallest absolute Gasteiger partial charge is 0.252 e. The van der Waals surface area contributed by atoms with Crippen LogP contribution in [0.15, 0.2) is 22.8 Å². The second-order valence-electron chi connectivity index (χ2n) is 4.41. The highest BCUT2D eigenvalue weighted by molar-refractivity contribution is 5.85. The van der Waals surface area contributed by atoms with Crippen molar-refractivity contribution in [2.24, 2.45) is 0 Å². The van der Waals surface area contributed by atoms with E-state index in [1.165, 1.54) is 6.26 Å². The summed E-state index contributed by atoms with van der Waals surface area (Å²) in [6, 6.07) is 2.93. The van der Waals surface area contributed by atoms with Gasteiger partial charge in [0.1, 0.15) is 17.4 Å². The second kappa shape index (κ2) is 4.89. The molecule has 0 saturated carbocycles. The highest BCUT2D eigenvalue weighted by atomic mass is 16.5. The molecule has 2 rings (SSSR count). The van der Waals surface area contributed by atoms with E-state index >= 15 is 0 Å². The van der Waals surface area contributed by atoms with Crippen LogP contribution >= 0.6 is 0 Å². The minimum absolute atomic E-state index is 0.199. The number of carbonyl (C=O) groups is 1. The second-order valence-corrected chi connectivity index (χ2v) is 4.41. The van der Waals surface area contributed by atoms with Gasteiger partial charge < -0.3 is 19.6 Å². The van der Waals surface area contributed by atoms with Crippen molar-refractivity contribution in [2.75, 3.05) is 13.2 Å². The first-order valence-corrected chi connectivity index (χ1v) is 5.75. The Kier molecular flexibility index (Phi) is 3.49. The number of nitrogens with one attached hydrogen (secondary N) is 1. The normalized spacial score (nSPS) is 25.8. The number of amides is 1. The fraction of sp³-hybridized carbons (Fsp3) is 0.583. The van der Waals surface area contributed by atoms with Crippen LogP contribution in [0.3, 0.4) is 0 Å². The number of rotatable bonds is 4. The Hall–Kier alpha value is -1.33. The molecule has 1 aliphatic rings. The molecule has 2 N–H and O–H groups in total. The lowest BCUT2D eigenvalue weighted by Crippen LogP contribution is -2.46. The molecule has 0 spiro atoms. The Balaban J connectivity index is 2.02. The summed E-state index contributed by atoms with van der Waals surface area (Å²) in [5.74, 6) is 0.341. The van der Waals surface area contributed by atoms with E-state index in [-0.39, 0.29) is 12.5 Å². The highest BCUT2D eigenvalue weighted by Crippen LogP contribution is 2.26. The van der Waals surface area contributed by atoms with Crippen molar-refractivity contribution < 1.29 is 19.1 Å². The van der Waals surface area contributed by atoms with E-state index in [2.05, 4.69) is 5.32 Å². The fourth-order valence-electron chi connectivity index (χ4n) is 1.97. The molecule has 2 unspecified atom stereocenters. The molecule has 0 radical (unpaired) electrons. The van der Waals surface area contributed by atoms with Crippen molar-refractivity contribution in [1.82, 2.24) is 5.32 Å². The molecule has 0 aliphatic carbocycles. The number of aliphatic hydroxyl groups is 1. The van der Waals surface area contributed by atoms with Crippen LogP contribution in [-0.2, 0) is 9.53 Å². The maximum Gasteiger partial charge on any atom is 0.252 e. The van der Waals surface area contributed by atoms with E-state index in [1.54, 1.807) is 19.1 Å². The summed E-state index contributed by atoms with van der Waals surface area (Å²) in [6.45, 7) is 2.18. The molecule has 2 atom stereocenters. The minimum atomic E-state index is -0.778. The molecule has 0 aromatic carbocycles. The van der Waals surface area contributed by atoms with Crippen LogP contribution in [0.25, 0.3) is 0 Å². The predicted octanol–water partition coefficient (Wildman–Crippen LogP) is 0.998. The number of ether oxygens (including phenoxy) is 1. The zero-order valence-corrected chi connectivity index (χ0v) is 9.81. The van der Waals surface area contributed by atoms with Crippen LogP contribution in [0.2, 0.25) is 0 Å². The van der Waals surface area contributed by atoms with E-state index < -0.39 is 11.6 Å². The third-order valence-electron chi connectivity index (χ3n) is 3.07. The molecule has 5 nitrogen and oxygen atoms in total. The zero-order chi connectivity index (χ0) is 12.3. The summed E-state index contributed by atoms with van der Waals surface area (Å²) in [6.07, 6.45) is 3.10. The summed E-state index contributed by atoms with van der Waals surface area (Å²) in [4.78, 5) is 12.0. The first-order chi connectivity index (χ1) is 8.15. The standard InChI is InChI=1S/C12H17NO4/c1-12(5-3-7-17-12)11(15)13-9(8-14)10-4-2-6-16-10/h2,4,6,9,14H,3,5,7-8H2,1H3,(H,13,15). The van der Waals surface area contributed by atoms with Crippen LogP contribution in [0.4, 0.5) is 0 Å². The van der Waals surface area contributed by atoms with Crippen LogP contribution in [0, 0.1) is 0 Å². The molecular weight excluding hydrogens is 222 g/mol. The average Bonchev–Trinajstić information content (AvgIpc) is 2.97. The predicted molar refractivity (Wildman–Crippen MR) is 60.3 cm³/mol. The highest BCUT2D eigenvalue weighted by Gasteiger charge is 2.38. The molecule has 0 bridgehead atoms. The van der Waals surface area contributed by atoms with E-state index in [9.17, 15) is 9.90 Å². The Labute approximate surface area is 99.8 Å². The molecule has 94 valence electrons. The van der Waals surface area contributed by atoms with Gasteiger partial charge in [-0.2, -0.15) is 0 Å². The van der Waals surface area contributed by atoms with Gasteiger partial charge in [0.15, 0.2) is 0 Å². The maximum absolute atomic E-state index is 12.0. The lowest BCUT2D eigenvalue weighted by molar-refractivity contribution is -0.140. The molecular formula is C12H17NO4. The summed E-state index contributed by atoms with van der Waals surface area (Å²) in [5.41, 5.74) is -0.778. The van der Waals surface area contributed by atoms with Crippen molar-refractivity contribution in [1.29, 1.82) is 0 Å². The average molecular weight is 239 g/mol. The number of carbonyl (C=O) groups excluding carboxylic acids is 1. The number of hydrogen-bond acceptors (Lipinski definition) is 4. The fourth-order valence-corrected chi connectivity index (χ4v) is 1.97. The quantitative estimate of drug-likeness (QED) is 0.822. The lowest BCUT2D eigenvalue weighted by atomic mass is 10.0. The van der Waals surface area contributed by atoms with E-state index in [4.69, 9.17) is 9.15 Å². The summed E-state index contributed by atoms with van der Waals surface area (Å²) >= 11 is 0. The van der Waals surface area contributed by atoms with Gasteiger partial charge in [0.25, 0.3) is 5.91 Å². The van der Waals surface area contributed by atoms with Crippen LogP contribution in [-0.4, -0.2) is 29.8 Å². The molecule has 1 aromatic rings. The molecule has 2 heterocycles. The summed E-state index contributed by atoms with van der Waals surface area (Å²) in [7, 11) is 0. The molecule has 1 amide bonds. The first kappa shape index (κ1) is 12.1. The molecule has 1 fully saturated rings. The van der Waals surface area contributed by atoms with E-state index in [0.29, 0.717) is 18.8 Å². The Morgan fingerprint density at radius 3 is 3.06 bits per heavy atom. The van der Waals surface area contributed by atoms with Gasteiger partial charge in [0, 0.05) is 6.61 Å². The van der Waals surface area contributed by atoms with E-state index in [1.807, 2.05) is 0 Å². The van der Waals surface area contributed by atoms with Crippen molar-refractivity contribution in [3.05, 3.63) is 24.2 Å². The van der Waals surface area contributed by atoms with Gasteiger partial charge in [-0.05, 0) is 31.9 Å². The number of hydrogen-bond donors (Lipinski definition) is 2. The van der Waals surface area contributed by atoms with Crippen LogP contribution in [0.1, 0.15) is 31.6 Å². The SMILES string of the molecule is CC1(C(=O)NC(CO)c2ccco2)CCCO1. The van der Waals surface area contributed by atoms with Gasteiger partial charge in [0.05, 0.1) is 12.9 Å². The van der Waals surface area contributed by atoms with Crippen LogP contribution < -0.4 is 5.32 Å². The third-order valence-corrected chi connectivity index (χ3v) is 3.07. The largest absolute Gasteiger partial charge is 0.467 e. The monoisotopic (exact) mass is 239 g/mol. The minimum Gasteiger partial charge on any atom is -0.467 e. The van der Waals surface area contributed by atoms with Crippen LogP contribution in [0.5, 0.6) is 0 Å². The Bertz CT molecular complexity index is 368. The molecule has 5 heteroatoms. The molecule has 1 saturated heterocycles.